The summed E-state index contributed by atoms with van der Waals surface area (Å²) in [4.78, 5) is 0. The van der Waals surface area contributed by atoms with Gasteiger partial charge in [-0.15, -0.1) is 0 Å². The van der Waals surface area contributed by atoms with Crippen LogP contribution in [0.4, 0.5) is 0 Å². The SMILES string of the molecule is CO[C@H](CO[C@H]1CCC[C@@H](O)C1)CO[Si](c1ccccc1)(c1ccccc1)C(C)(C)C. The van der Waals surface area contributed by atoms with Crippen LogP contribution in [0.25, 0.3) is 0 Å². The van der Waals surface area contributed by atoms with Crippen LogP contribution in [0.3, 0.4) is 0 Å². The second-order valence-electron chi connectivity index (χ2n) is 9.61. The minimum absolute atomic E-state index is 0.0671. The maximum atomic E-state index is 9.92. The van der Waals surface area contributed by atoms with Gasteiger partial charge in [0.1, 0.15) is 6.10 Å². The van der Waals surface area contributed by atoms with Gasteiger partial charge in [0.05, 0.1) is 25.4 Å². The van der Waals surface area contributed by atoms with Crippen LogP contribution in [-0.2, 0) is 13.9 Å². The molecular weight excluding hydrogens is 404 g/mol. The molecule has 0 radical (unpaired) electrons. The molecule has 3 rings (SSSR count). The maximum absolute atomic E-state index is 9.92. The Hall–Kier alpha value is -1.50. The van der Waals surface area contributed by atoms with E-state index in [1.165, 1.54) is 10.4 Å². The van der Waals surface area contributed by atoms with E-state index in [4.69, 9.17) is 13.9 Å². The fourth-order valence-corrected chi connectivity index (χ4v) is 9.27. The molecule has 1 fully saturated rings. The standard InChI is InChI=1S/C26H38O4Si/c1-26(2,3)31(24-14-7-5-8-15-24,25-16-9-6-10-17-25)30-20-23(28-4)19-29-22-13-11-12-21(27)18-22/h5-10,14-17,21-23,27H,11-13,18-20H2,1-4H3/t21-,22+,23-/m1/s1. The van der Waals surface area contributed by atoms with Crippen molar-refractivity contribution in [2.75, 3.05) is 20.3 Å². The van der Waals surface area contributed by atoms with Crippen molar-refractivity contribution in [2.45, 2.75) is 69.8 Å². The van der Waals surface area contributed by atoms with Crippen molar-refractivity contribution in [3.63, 3.8) is 0 Å². The summed E-state index contributed by atoms with van der Waals surface area (Å²) < 4.78 is 18.8. The Morgan fingerprint density at radius 2 is 1.52 bits per heavy atom. The molecule has 1 N–H and O–H groups in total. The minimum atomic E-state index is -2.58. The van der Waals surface area contributed by atoms with E-state index in [0.717, 1.165) is 19.3 Å². The Kier molecular flexibility index (Phi) is 8.48. The van der Waals surface area contributed by atoms with Gasteiger partial charge < -0.3 is 19.0 Å². The fraction of sp³-hybridized carbons (Fsp3) is 0.538. The highest BCUT2D eigenvalue weighted by Crippen LogP contribution is 2.37. The summed E-state index contributed by atoms with van der Waals surface area (Å²) in [6, 6.07) is 21.3. The molecule has 1 aliphatic carbocycles. The van der Waals surface area contributed by atoms with Crippen molar-refractivity contribution in [1.82, 2.24) is 0 Å². The molecule has 0 saturated heterocycles. The summed E-state index contributed by atoms with van der Waals surface area (Å²) in [5, 5.41) is 12.4. The molecule has 31 heavy (non-hydrogen) atoms. The van der Waals surface area contributed by atoms with Crippen LogP contribution in [0.15, 0.2) is 60.7 Å². The molecule has 0 amide bonds. The average Bonchev–Trinajstić information content (AvgIpc) is 2.77. The van der Waals surface area contributed by atoms with E-state index in [9.17, 15) is 5.11 Å². The van der Waals surface area contributed by atoms with E-state index < -0.39 is 8.32 Å². The molecule has 0 bridgehead atoms. The molecule has 1 saturated carbocycles. The summed E-state index contributed by atoms with van der Waals surface area (Å²) in [5.41, 5.74) is 0. The highest BCUT2D eigenvalue weighted by Gasteiger charge is 2.50. The van der Waals surface area contributed by atoms with Crippen LogP contribution in [0.2, 0.25) is 5.04 Å². The van der Waals surface area contributed by atoms with Gasteiger partial charge in [0.2, 0.25) is 0 Å². The van der Waals surface area contributed by atoms with Gasteiger partial charge in [0.25, 0.3) is 8.32 Å². The molecular formula is C26H38O4Si. The van der Waals surface area contributed by atoms with Crippen molar-refractivity contribution in [3.05, 3.63) is 60.7 Å². The van der Waals surface area contributed by atoms with Gasteiger partial charge in [-0.05, 0) is 41.1 Å². The van der Waals surface area contributed by atoms with Crippen molar-refractivity contribution < 1.29 is 19.0 Å². The summed E-state index contributed by atoms with van der Waals surface area (Å²) in [6.07, 6.45) is 3.32. The maximum Gasteiger partial charge on any atom is 0.261 e. The summed E-state index contributed by atoms with van der Waals surface area (Å²) in [6.45, 7) is 7.79. The van der Waals surface area contributed by atoms with Crippen LogP contribution in [0.1, 0.15) is 46.5 Å². The third-order valence-corrected chi connectivity index (χ3v) is 11.4. The first-order valence-corrected chi connectivity index (χ1v) is 13.3. The van der Waals surface area contributed by atoms with Crippen LogP contribution in [0.5, 0.6) is 0 Å². The zero-order chi connectivity index (χ0) is 22.3. The van der Waals surface area contributed by atoms with E-state index in [-0.39, 0.29) is 23.4 Å². The first-order valence-electron chi connectivity index (χ1n) is 11.4. The lowest BCUT2D eigenvalue weighted by Crippen LogP contribution is -2.67. The molecule has 0 spiro atoms. The molecule has 2 aromatic carbocycles. The molecule has 5 heteroatoms. The van der Waals surface area contributed by atoms with Crippen molar-refractivity contribution >= 4 is 18.7 Å². The molecule has 0 aromatic heterocycles. The zero-order valence-corrected chi connectivity index (χ0v) is 20.4. The molecule has 170 valence electrons. The van der Waals surface area contributed by atoms with E-state index in [0.29, 0.717) is 19.6 Å². The normalized spacial score (nSPS) is 21.1. The molecule has 0 heterocycles. The predicted molar refractivity (Wildman–Crippen MR) is 129 cm³/mol. The van der Waals surface area contributed by atoms with Crippen LogP contribution >= 0.6 is 0 Å². The Morgan fingerprint density at radius 1 is 0.935 bits per heavy atom. The lowest BCUT2D eigenvalue weighted by molar-refractivity contribution is -0.0685. The topological polar surface area (TPSA) is 47.9 Å². The van der Waals surface area contributed by atoms with Gasteiger partial charge in [0, 0.05) is 7.11 Å². The minimum Gasteiger partial charge on any atom is -0.405 e. The second-order valence-corrected chi connectivity index (χ2v) is 13.9. The molecule has 0 unspecified atom stereocenters. The van der Waals surface area contributed by atoms with Gasteiger partial charge in [-0.25, -0.2) is 0 Å². The molecule has 2 aromatic rings. The number of hydrogen-bond acceptors (Lipinski definition) is 4. The second kappa shape index (κ2) is 10.9. The van der Waals surface area contributed by atoms with Gasteiger partial charge in [-0.1, -0.05) is 81.4 Å². The van der Waals surface area contributed by atoms with Crippen LogP contribution < -0.4 is 10.4 Å². The summed E-state index contributed by atoms with van der Waals surface area (Å²) in [5.74, 6) is 0. The van der Waals surface area contributed by atoms with Crippen LogP contribution in [0, 0.1) is 0 Å². The highest BCUT2D eigenvalue weighted by atomic mass is 28.4. The van der Waals surface area contributed by atoms with Crippen LogP contribution in [-0.4, -0.2) is 52.1 Å². The summed E-state index contributed by atoms with van der Waals surface area (Å²) in [7, 11) is -0.863. The zero-order valence-electron chi connectivity index (χ0n) is 19.4. The van der Waals surface area contributed by atoms with E-state index in [1.807, 2.05) is 0 Å². The number of aliphatic hydroxyl groups is 1. The van der Waals surface area contributed by atoms with Gasteiger partial charge in [-0.2, -0.15) is 0 Å². The van der Waals surface area contributed by atoms with Crippen molar-refractivity contribution in [2.24, 2.45) is 0 Å². The Balaban J connectivity index is 1.81. The van der Waals surface area contributed by atoms with Gasteiger partial charge in [0.15, 0.2) is 0 Å². The van der Waals surface area contributed by atoms with Gasteiger partial charge in [-0.3, -0.25) is 0 Å². The number of benzene rings is 2. The van der Waals surface area contributed by atoms with Crippen molar-refractivity contribution in [3.8, 4) is 0 Å². The number of ether oxygens (including phenoxy) is 2. The molecule has 1 aliphatic rings. The number of aliphatic hydroxyl groups excluding tert-OH is 1. The van der Waals surface area contributed by atoms with Gasteiger partial charge >= 0.3 is 0 Å². The van der Waals surface area contributed by atoms with E-state index >= 15 is 0 Å². The first-order chi connectivity index (χ1) is 14.9. The lowest BCUT2D eigenvalue weighted by atomic mass is 9.95. The predicted octanol–water partition coefficient (Wildman–Crippen LogP) is 3.90. The van der Waals surface area contributed by atoms with Crippen molar-refractivity contribution in [1.29, 1.82) is 0 Å². The Bertz CT molecular complexity index is 735. The Labute approximate surface area is 188 Å². The molecule has 4 nitrogen and oxygen atoms in total. The molecule has 3 atom stereocenters. The Morgan fingerprint density at radius 3 is 2.00 bits per heavy atom. The quantitative estimate of drug-likeness (QED) is 0.599. The number of rotatable bonds is 9. The number of methoxy groups -OCH3 is 1. The lowest BCUT2D eigenvalue weighted by Gasteiger charge is -2.43. The third kappa shape index (κ3) is 5.85. The third-order valence-electron chi connectivity index (χ3n) is 6.35. The van der Waals surface area contributed by atoms with E-state index in [2.05, 4.69) is 81.4 Å². The molecule has 0 aliphatic heterocycles. The fourth-order valence-electron chi connectivity index (χ4n) is 4.68. The summed E-state index contributed by atoms with van der Waals surface area (Å²) >= 11 is 0. The highest BCUT2D eigenvalue weighted by molar-refractivity contribution is 6.99. The smallest absolute Gasteiger partial charge is 0.261 e. The number of hydrogen-bond donors (Lipinski definition) is 1. The largest absolute Gasteiger partial charge is 0.405 e. The average molecular weight is 443 g/mol. The van der Waals surface area contributed by atoms with E-state index in [1.54, 1.807) is 7.11 Å². The monoisotopic (exact) mass is 442 g/mol. The first kappa shape index (κ1) is 24.1.